The smallest absolute Gasteiger partial charge is 0.261 e. The lowest BCUT2D eigenvalue weighted by atomic mass is 9.91. The molecule has 3 aromatic rings. The van der Waals surface area contributed by atoms with Crippen LogP contribution in [0.2, 0.25) is 0 Å². The van der Waals surface area contributed by atoms with Crippen LogP contribution < -0.4 is 14.8 Å². The number of phenolic OH excluding ortho intramolecular Hbond substituents is 1. The van der Waals surface area contributed by atoms with E-state index in [1.165, 1.54) is 36.4 Å². The van der Waals surface area contributed by atoms with E-state index in [1.54, 1.807) is 48.5 Å². The zero-order valence-corrected chi connectivity index (χ0v) is 20.2. The number of carbonyl (C=O) groups excluding carboxylic acids is 1. The number of fused-ring (bicyclic) bond motifs is 1. The lowest BCUT2D eigenvalue weighted by Crippen LogP contribution is -2.55. The van der Waals surface area contributed by atoms with Crippen LogP contribution in [-0.2, 0) is 29.7 Å². The van der Waals surface area contributed by atoms with Gasteiger partial charge in [0, 0.05) is 30.3 Å². The molecular formula is C24H23N3O6S2. The van der Waals surface area contributed by atoms with Gasteiger partial charge in [0.15, 0.2) is 4.87 Å². The van der Waals surface area contributed by atoms with E-state index in [9.17, 15) is 26.7 Å². The fourth-order valence-electron chi connectivity index (χ4n) is 4.01. The maximum Gasteiger partial charge on any atom is 0.261 e. The summed E-state index contributed by atoms with van der Waals surface area (Å²) in [7, 11) is -8.82. The first kappa shape index (κ1) is 24.3. The maximum atomic E-state index is 13.9. The number of anilines is 2. The number of carbonyl (C=O) groups is 1. The average Bonchev–Trinajstić information content (AvgIpc) is 2.79. The van der Waals surface area contributed by atoms with E-state index in [1.807, 2.05) is 0 Å². The van der Waals surface area contributed by atoms with Gasteiger partial charge in [-0.3, -0.25) is 14.2 Å². The number of para-hydroxylation sites is 2. The first-order chi connectivity index (χ1) is 16.5. The number of rotatable bonds is 7. The highest BCUT2D eigenvalue weighted by Gasteiger charge is 2.53. The predicted molar refractivity (Wildman–Crippen MR) is 134 cm³/mol. The van der Waals surface area contributed by atoms with Gasteiger partial charge in [-0.2, -0.15) is 0 Å². The monoisotopic (exact) mass is 513 g/mol. The molecule has 0 aromatic heterocycles. The van der Waals surface area contributed by atoms with Crippen molar-refractivity contribution in [3.05, 3.63) is 94.9 Å². The molecule has 0 saturated carbocycles. The Hall–Kier alpha value is -3.83. The minimum absolute atomic E-state index is 0.128. The van der Waals surface area contributed by atoms with E-state index >= 15 is 0 Å². The number of amides is 1. The van der Waals surface area contributed by atoms with Gasteiger partial charge in [-0.15, -0.1) is 0 Å². The minimum atomic E-state index is -4.57. The zero-order valence-electron chi connectivity index (χ0n) is 18.6. The van der Waals surface area contributed by atoms with Gasteiger partial charge in [0.25, 0.3) is 20.0 Å². The van der Waals surface area contributed by atoms with E-state index in [4.69, 9.17) is 0 Å². The van der Waals surface area contributed by atoms with Crippen molar-refractivity contribution in [1.29, 1.82) is 0 Å². The first-order valence-corrected chi connectivity index (χ1v) is 13.5. The molecule has 1 unspecified atom stereocenters. The van der Waals surface area contributed by atoms with Crippen molar-refractivity contribution in [1.82, 2.24) is 5.32 Å². The summed E-state index contributed by atoms with van der Waals surface area (Å²) in [6.45, 7) is 1.12. The third-order valence-electron chi connectivity index (χ3n) is 5.45. The zero-order chi connectivity index (χ0) is 25.3. The van der Waals surface area contributed by atoms with Crippen molar-refractivity contribution < 1.29 is 26.7 Å². The van der Waals surface area contributed by atoms with E-state index in [0.29, 0.717) is 0 Å². The molecule has 11 heteroatoms. The Morgan fingerprint density at radius 3 is 1.97 bits per heavy atom. The second-order valence-electron chi connectivity index (χ2n) is 7.98. The Morgan fingerprint density at radius 2 is 1.40 bits per heavy atom. The van der Waals surface area contributed by atoms with Crippen LogP contribution in [0.25, 0.3) is 6.08 Å². The van der Waals surface area contributed by atoms with E-state index < -0.39 is 43.0 Å². The molecular weight excluding hydrogens is 490 g/mol. The van der Waals surface area contributed by atoms with Gasteiger partial charge in [0.1, 0.15) is 5.75 Å². The van der Waals surface area contributed by atoms with Crippen molar-refractivity contribution in [2.45, 2.75) is 18.2 Å². The van der Waals surface area contributed by atoms with Crippen molar-refractivity contribution >= 4 is 43.4 Å². The van der Waals surface area contributed by atoms with Crippen molar-refractivity contribution in [2.24, 2.45) is 0 Å². The summed E-state index contributed by atoms with van der Waals surface area (Å²) < 4.78 is 59.3. The number of hydrogen-bond acceptors (Lipinski definition) is 6. The van der Waals surface area contributed by atoms with Gasteiger partial charge in [-0.05, 0) is 42.0 Å². The van der Waals surface area contributed by atoms with Gasteiger partial charge in [0.2, 0.25) is 5.91 Å². The summed E-state index contributed by atoms with van der Waals surface area (Å²) in [5.74, 6) is -1.13. The molecule has 1 atom stereocenters. The summed E-state index contributed by atoms with van der Waals surface area (Å²) in [6.07, 6.45) is 0.625. The Balaban J connectivity index is 1.91. The van der Waals surface area contributed by atoms with Gasteiger partial charge in [0.05, 0.1) is 4.91 Å². The lowest BCUT2D eigenvalue weighted by Gasteiger charge is -2.38. The van der Waals surface area contributed by atoms with Crippen molar-refractivity contribution in [3.63, 3.8) is 0 Å². The molecule has 35 heavy (non-hydrogen) atoms. The number of nitrogens with one attached hydrogen (secondary N) is 3. The van der Waals surface area contributed by atoms with Crippen LogP contribution in [0, 0.1) is 0 Å². The van der Waals surface area contributed by atoms with Crippen molar-refractivity contribution in [3.8, 4) is 5.75 Å². The van der Waals surface area contributed by atoms with Crippen molar-refractivity contribution in [2.75, 3.05) is 9.44 Å². The Labute approximate surface area is 203 Å². The molecule has 0 spiro atoms. The molecule has 182 valence electrons. The molecule has 1 aliphatic rings. The third-order valence-corrected chi connectivity index (χ3v) is 8.78. The SMILES string of the molecule is CC(=O)NC1(S(=O)(=O)Nc2ccccc2)CC(S(=O)(=O)Nc2ccccc2)=Cc2cccc(O)c21. The molecule has 0 saturated heterocycles. The molecule has 4 rings (SSSR count). The van der Waals surface area contributed by atoms with Gasteiger partial charge >= 0.3 is 0 Å². The molecule has 1 amide bonds. The normalized spacial score (nSPS) is 17.6. The number of benzene rings is 3. The predicted octanol–water partition coefficient (Wildman–Crippen LogP) is 3.31. The van der Waals surface area contributed by atoms with Crippen LogP contribution in [0.1, 0.15) is 24.5 Å². The van der Waals surface area contributed by atoms with E-state index in [2.05, 4.69) is 14.8 Å². The minimum Gasteiger partial charge on any atom is -0.508 e. The number of hydrogen-bond donors (Lipinski definition) is 4. The average molecular weight is 514 g/mol. The molecule has 0 fully saturated rings. The lowest BCUT2D eigenvalue weighted by molar-refractivity contribution is -0.120. The highest BCUT2D eigenvalue weighted by Crippen LogP contribution is 2.47. The maximum absolute atomic E-state index is 13.9. The van der Waals surface area contributed by atoms with Gasteiger partial charge in [-0.25, -0.2) is 16.8 Å². The van der Waals surface area contributed by atoms with Crippen LogP contribution >= 0.6 is 0 Å². The molecule has 0 aliphatic heterocycles. The quantitative estimate of drug-likeness (QED) is 0.382. The summed E-state index contributed by atoms with van der Waals surface area (Å²) in [6, 6.07) is 20.3. The van der Waals surface area contributed by atoms with Gasteiger partial charge in [-0.1, -0.05) is 48.5 Å². The second-order valence-corrected chi connectivity index (χ2v) is 11.6. The second kappa shape index (κ2) is 9.08. The Bertz CT molecular complexity index is 1510. The molecule has 9 nitrogen and oxygen atoms in total. The Kier molecular flexibility index (Phi) is 6.30. The van der Waals surface area contributed by atoms with E-state index in [-0.39, 0.29) is 27.4 Å². The molecule has 0 bridgehead atoms. The van der Waals surface area contributed by atoms with Crippen LogP contribution in [0.5, 0.6) is 5.75 Å². The van der Waals surface area contributed by atoms with Crippen LogP contribution in [0.15, 0.2) is 83.8 Å². The number of phenols is 1. The fourth-order valence-corrected chi connectivity index (χ4v) is 7.10. The fraction of sp³-hybridized carbons (Fsp3) is 0.125. The largest absolute Gasteiger partial charge is 0.508 e. The van der Waals surface area contributed by atoms with Crippen LogP contribution in [0.3, 0.4) is 0 Å². The first-order valence-electron chi connectivity index (χ1n) is 10.5. The molecule has 0 heterocycles. The standard InChI is InChI=1S/C24H23N3O6S2/c1-17(28)25-24(35(32,33)27-20-12-6-3-7-13-20)16-21(15-18-9-8-14-22(29)23(18)24)34(30,31)26-19-10-4-2-5-11-19/h2-15,26-27,29H,16H2,1H3,(H,25,28). The van der Waals surface area contributed by atoms with Crippen LogP contribution in [0.4, 0.5) is 11.4 Å². The highest BCUT2D eigenvalue weighted by molar-refractivity contribution is 7.97. The molecule has 0 radical (unpaired) electrons. The summed E-state index contributed by atoms with van der Waals surface area (Å²) in [5, 5.41) is 13.2. The van der Waals surface area contributed by atoms with Crippen LogP contribution in [-0.4, -0.2) is 27.8 Å². The highest BCUT2D eigenvalue weighted by atomic mass is 32.2. The summed E-state index contributed by atoms with van der Waals surface area (Å²) in [5.41, 5.74) is 0.496. The summed E-state index contributed by atoms with van der Waals surface area (Å²) in [4.78, 5) is 9.70. The van der Waals surface area contributed by atoms with E-state index in [0.717, 1.165) is 6.92 Å². The Morgan fingerprint density at radius 1 is 0.829 bits per heavy atom. The topological polar surface area (TPSA) is 142 Å². The molecule has 3 aromatic carbocycles. The number of aromatic hydroxyl groups is 1. The molecule has 1 aliphatic carbocycles. The third kappa shape index (κ3) is 4.73. The van der Waals surface area contributed by atoms with Gasteiger partial charge < -0.3 is 10.4 Å². The molecule has 4 N–H and O–H groups in total. The number of sulfonamides is 2. The summed E-state index contributed by atoms with van der Waals surface area (Å²) >= 11 is 0.